The monoisotopic (exact) mass is 147 g/mol. The van der Waals surface area contributed by atoms with Crippen molar-refractivity contribution in [2.45, 2.75) is 20.4 Å². The third-order valence-corrected chi connectivity index (χ3v) is 6.65. The number of nitrogens with zero attached hydrogens (tertiary/aromatic N) is 1. The quantitative estimate of drug-likeness (QED) is 0.487. The Hall–Kier alpha value is 0.394. The van der Waals surface area contributed by atoms with E-state index in [-0.39, 0.29) is 0 Å². The Bertz CT molecular complexity index is 45.7. The van der Waals surface area contributed by atoms with Crippen LogP contribution in [0.15, 0.2) is 0 Å². The fourth-order valence-corrected chi connectivity index (χ4v) is 5.92. The van der Waals surface area contributed by atoms with Gasteiger partial charge in [0, 0.05) is 9.04 Å². The van der Waals surface area contributed by atoms with Crippen LogP contribution < -0.4 is 0 Å². The first-order chi connectivity index (χ1) is 3.85. The van der Waals surface area contributed by atoms with Crippen LogP contribution in [0.3, 0.4) is 0 Å². The number of rotatable bonds is 4. The lowest BCUT2D eigenvalue weighted by atomic mass is 10.7. The summed E-state index contributed by atoms with van der Waals surface area (Å²) in [6.45, 7) is 9.54. The molecule has 0 aromatic carbocycles. The van der Waals surface area contributed by atoms with Gasteiger partial charge < -0.3 is 4.57 Å². The summed E-state index contributed by atoms with van der Waals surface area (Å²) >= 11 is 0. The molecule has 0 unspecified atom stereocenters. The maximum Gasteiger partial charge on any atom is 0.0791 e. The molecule has 0 fully saturated rings. The van der Waals surface area contributed by atoms with E-state index < -0.39 is 0 Å². The summed E-state index contributed by atoms with van der Waals surface area (Å²) in [5.41, 5.74) is 0. The number of hydrogen-bond donors (Lipinski definition) is 0. The van der Waals surface area contributed by atoms with Gasteiger partial charge in [0.05, 0.1) is 9.20 Å². The van der Waals surface area contributed by atoms with E-state index in [1.807, 2.05) is 0 Å². The molecule has 0 N–H and O–H groups in total. The second-order valence-corrected chi connectivity index (χ2v) is 8.71. The fourth-order valence-electron chi connectivity index (χ4n) is 0.856. The molecule has 0 aliphatic carbocycles. The van der Waals surface area contributed by atoms with Crippen LogP contribution in [-0.4, -0.2) is 35.9 Å². The van der Waals surface area contributed by atoms with Crippen molar-refractivity contribution in [3.63, 3.8) is 0 Å². The van der Waals surface area contributed by atoms with Crippen molar-refractivity contribution in [3.05, 3.63) is 0 Å². The zero-order chi connectivity index (χ0) is 6.41. The Morgan fingerprint density at radius 1 is 1.25 bits per heavy atom. The van der Waals surface area contributed by atoms with Gasteiger partial charge in [-0.2, -0.15) is 0 Å². The minimum absolute atomic E-state index is 0.308. The lowest BCUT2D eigenvalue weighted by molar-refractivity contribution is 0.501. The van der Waals surface area contributed by atoms with Crippen LogP contribution in [-0.2, 0) is 0 Å². The van der Waals surface area contributed by atoms with Crippen molar-refractivity contribution in [1.82, 2.24) is 4.57 Å². The van der Waals surface area contributed by atoms with E-state index in [0.29, 0.717) is 18.2 Å². The van der Waals surface area contributed by atoms with Crippen LogP contribution >= 0.6 is 0 Å². The Morgan fingerprint density at radius 2 is 1.75 bits per heavy atom. The largest absolute Gasteiger partial charge is 0.332 e. The molecular weight excluding hydrogens is 130 g/mol. The van der Waals surface area contributed by atoms with Gasteiger partial charge in [-0.3, -0.25) is 0 Å². The van der Waals surface area contributed by atoms with Gasteiger partial charge in [-0.05, 0) is 13.1 Å². The number of hydrogen-bond acceptors (Lipinski definition) is 1. The van der Waals surface area contributed by atoms with Gasteiger partial charge in [-0.25, -0.2) is 0 Å². The van der Waals surface area contributed by atoms with Gasteiger partial charge in [0.25, 0.3) is 0 Å². The molecule has 3 heteroatoms. The Kier molecular flexibility index (Phi) is 5.80. The molecular formula is C5H17NSi2. The summed E-state index contributed by atoms with van der Waals surface area (Å²) < 4.78 is 2.63. The third-order valence-electron chi connectivity index (χ3n) is 1.43. The summed E-state index contributed by atoms with van der Waals surface area (Å²) in [5.74, 6) is 0. The van der Waals surface area contributed by atoms with E-state index in [9.17, 15) is 0 Å². The maximum absolute atomic E-state index is 2.63. The van der Waals surface area contributed by atoms with E-state index in [0.717, 1.165) is 0 Å². The molecule has 0 rings (SSSR count). The van der Waals surface area contributed by atoms with E-state index in [4.69, 9.17) is 0 Å². The average Bonchev–Trinajstić information content (AvgIpc) is 1.83. The van der Waals surface area contributed by atoms with Gasteiger partial charge in [0.15, 0.2) is 0 Å². The molecule has 0 radical (unpaired) electrons. The summed E-state index contributed by atoms with van der Waals surface area (Å²) in [6, 6.07) is 0. The minimum atomic E-state index is 0.308. The molecule has 0 amide bonds. The zero-order valence-corrected chi connectivity index (χ0v) is 9.10. The second-order valence-electron chi connectivity index (χ2n) is 2.03. The highest BCUT2D eigenvalue weighted by Crippen LogP contribution is 1.79. The Labute approximate surface area is 57.0 Å². The predicted molar refractivity (Wildman–Crippen MR) is 45.9 cm³/mol. The van der Waals surface area contributed by atoms with Gasteiger partial charge in [0.2, 0.25) is 0 Å². The van der Waals surface area contributed by atoms with Crippen molar-refractivity contribution in [1.29, 1.82) is 0 Å². The average molecular weight is 147 g/mol. The van der Waals surface area contributed by atoms with Crippen LogP contribution in [0.2, 0.25) is 6.55 Å². The predicted octanol–water partition coefficient (Wildman–Crippen LogP) is -0.456. The molecule has 1 nitrogen and oxygen atoms in total. The first-order valence-electron chi connectivity index (χ1n) is 3.57. The molecule has 0 aliphatic heterocycles. The van der Waals surface area contributed by atoms with Crippen LogP contribution in [0.5, 0.6) is 0 Å². The molecule has 0 saturated heterocycles. The molecule has 50 valence electrons. The van der Waals surface area contributed by atoms with Gasteiger partial charge >= 0.3 is 0 Å². The van der Waals surface area contributed by atoms with E-state index in [1.165, 1.54) is 13.1 Å². The minimum Gasteiger partial charge on any atom is -0.332 e. The van der Waals surface area contributed by atoms with Crippen LogP contribution in [0.25, 0.3) is 0 Å². The molecule has 0 spiro atoms. The Morgan fingerprint density at radius 3 is 1.88 bits per heavy atom. The van der Waals surface area contributed by atoms with Crippen molar-refractivity contribution >= 4 is 18.2 Å². The van der Waals surface area contributed by atoms with Gasteiger partial charge in [-0.15, -0.1) is 0 Å². The van der Waals surface area contributed by atoms with Crippen molar-refractivity contribution in [2.75, 3.05) is 13.1 Å². The highest BCUT2D eigenvalue weighted by atomic mass is 29.1. The van der Waals surface area contributed by atoms with Crippen molar-refractivity contribution < 1.29 is 0 Å². The topological polar surface area (TPSA) is 3.24 Å². The Balaban J connectivity index is 3.07. The van der Waals surface area contributed by atoms with Crippen molar-refractivity contribution in [3.8, 4) is 0 Å². The normalized spacial score (nSPS) is 13.5. The van der Waals surface area contributed by atoms with Gasteiger partial charge in [0.1, 0.15) is 0 Å². The molecule has 0 atom stereocenters. The molecule has 0 aliphatic rings. The zero-order valence-electron chi connectivity index (χ0n) is 6.28. The van der Waals surface area contributed by atoms with E-state index >= 15 is 0 Å². The molecule has 0 aromatic heterocycles. The second kappa shape index (κ2) is 5.53. The summed E-state index contributed by atoms with van der Waals surface area (Å²) in [6.07, 6.45) is 0. The van der Waals surface area contributed by atoms with Crippen LogP contribution in [0, 0.1) is 0 Å². The lowest BCUT2D eigenvalue weighted by Gasteiger charge is -2.15. The molecule has 0 saturated carbocycles. The van der Waals surface area contributed by atoms with E-state index in [1.54, 1.807) is 0 Å². The van der Waals surface area contributed by atoms with Gasteiger partial charge in [-0.1, -0.05) is 20.4 Å². The molecule has 0 heterocycles. The van der Waals surface area contributed by atoms with Crippen LogP contribution in [0.1, 0.15) is 13.8 Å². The highest BCUT2D eigenvalue weighted by Gasteiger charge is 1.94. The smallest absolute Gasteiger partial charge is 0.0791 e. The molecule has 0 aromatic rings. The lowest BCUT2D eigenvalue weighted by Crippen LogP contribution is -2.30. The maximum atomic E-state index is 2.63. The third kappa shape index (κ3) is 3.40. The SMILES string of the molecule is CCN(CC)[SiH2][SiH2]C. The summed E-state index contributed by atoms with van der Waals surface area (Å²) in [5, 5.41) is 0. The van der Waals surface area contributed by atoms with E-state index in [2.05, 4.69) is 25.0 Å². The molecule has 8 heavy (non-hydrogen) atoms. The summed E-state index contributed by atoms with van der Waals surface area (Å²) in [7, 11) is 0.717. The summed E-state index contributed by atoms with van der Waals surface area (Å²) in [4.78, 5) is 0. The fraction of sp³-hybridized carbons (Fsp3) is 1.00. The van der Waals surface area contributed by atoms with Crippen LogP contribution in [0.4, 0.5) is 0 Å². The highest BCUT2D eigenvalue weighted by molar-refractivity contribution is 6.98. The van der Waals surface area contributed by atoms with Crippen molar-refractivity contribution in [2.24, 2.45) is 0 Å². The standard InChI is InChI=1S/C5H17NSi2/c1-4-6(5-2)8-7-3/h4-5,7-8H2,1-3H3. The first-order valence-corrected chi connectivity index (χ1v) is 9.62. The first kappa shape index (κ1) is 8.39. The molecule has 0 bridgehead atoms.